The maximum Gasteiger partial charge on any atom is 0.0803 e. The number of benzene rings is 1. The highest BCUT2D eigenvalue weighted by atomic mass is 35.5. The molecule has 0 aliphatic carbocycles. The molecule has 0 aliphatic heterocycles. The van der Waals surface area contributed by atoms with Crippen LogP contribution in [0.3, 0.4) is 0 Å². The SMILES string of the molecule is NCCC(O)c1cc(Cl)c(N)c(Cl)c1. The third kappa shape index (κ3) is 2.51. The van der Waals surface area contributed by atoms with Gasteiger partial charge in [-0.25, -0.2) is 0 Å². The van der Waals surface area contributed by atoms with Gasteiger partial charge in [-0.1, -0.05) is 23.2 Å². The first kappa shape index (κ1) is 11.6. The molecule has 0 bridgehead atoms. The second-order valence-corrected chi connectivity index (χ2v) is 3.81. The highest BCUT2D eigenvalue weighted by molar-refractivity contribution is 6.38. The van der Waals surface area contributed by atoms with Crippen molar-refractivity contribution in [2.24, 2.45) is 5.73 Å². The molecule has 0 radical (unpaired) electrons. The van der Waals surface area contributed by atoms with Crippen molar-refractivity contribution >= 4 is 28.9 Å². The molecule has 1 rings (SSSR count). The van der Waals surface area contributed by atoms with Crippen molar-refractivity contribution in [1.82, 2.24) is 0 Å². The van der Waals surface area contributed by atoms with Gasteiger partial charge in [0.25, 0.3) is 0 Å². The van der Waals surface area contributed by atoms with E-state index in [1.165, 1.54) is 0 Å². The predicted molar refractivity (Wildman–Crippen MR) is 59.5 cm³/mol. The van der Waals surface area contributed by atoms with Crippen molar-refractivity contribution in [3.63, 3.8) is 0 Å². The van der Waals surface area contributed by atoms with E-state index in [-0.39, 0.29) is 0 Å². The molecule has 1 atom stereocenters. The minimum absolute atomic E-state index is 0.331. The Labute approximate surface area is 92.6 Å². The summed E-state index contributed by atoms with van der Waals surface area (Å²) in [5, 5.41) is 10.3. The van der Waals surface area contributed by atoms with Gasteiger partial charge in [-0.3, -0.25) is 0 Å². The van der Waals surface area contributed by atoms with Gasteiger partial charge in [0.2, 0.25) is 0 Å². The summed E-state index contributed by atoms with van der Waals surface area (Å²) in [4.78, 5) is 0. The fraction of sp³-hybridized carbons (Fsp3) is 0.333. The molecule has 0 spiro atoms. The molecule has 3 nitrogen and oxygen atoms in total. The molecular formula is C9H12Cl2N2O. The van der Waals surface area contributed by atoms with Gasteiger partial charge in [0.05, 0.1) is 21.8 Å². The molecule has 0 amide bonds. The third-order valence-electron chi connectivity index (χ3n) is 1.93. The van der Waals surface area contributed by atoms with Crippen LogP contribution in [0.5, 0.6) is 0 Å². The van der Waals surface area contributed by atoms with Crippen LogP contribution >= 0.6 is 23.2 Å². The first-order valence-corrected chi connectivity index (χ1v) is 4.94. The minimum atomic E-state index is -0.643. The highest BCUT2D eigenvalue weighted by Gasteiger charge is 2.11. The lowest BCUT2D eigenvalue weighted by Crippen LogP contribution is -2.07. The fourth-order valence-corrected chi connectivity index (χ4v) is 1.62. The monoisotopic (exact) mass is 234 g/mol. The molecule has 0 aliphatic rings. The number of rotatable bonds is 3. The van der Waals surface area contributed by atoms with Gasteiger partial charge in [0.15, 0.2) is 0 Å². The van der Waals surface area contributed by atoms with E-state index >= 15 is 0 Å². The minimum Gasteiger partial charge on any atom is -0.396 e. The summed E-state index contributed by atoms with van der Waals surface area (Å²) in [7, 11) is 0. The zero-order chi connectivity index (χ0) is 10.7. The van der Waals surface area contributed by atoms with E-state index in [0.29, 0.717) is 34.3 Å². The molecule has 0 fully saturated rings. The van der Waals surface area contributed by atoms with Crippen LogP contribution in [0.4, 0.5) is 5.69 Å². The quantitative estimate of drug-likeness (QED) is 0.701. The van der Waals surface area contributed by atoms with Crippen LogP contribution in [-0.4, -0.2) is 11.7 Å². The Hall–Kier alpha value is -0.480. The molecule has 0 heterocycles. The summed E-state index contributed by atoms with van der Waals surface area (Å²) in [6.07, 6.45) is -0.174. The van der Waals surface area contributed by atoms with Gasteiger partial charge < -0.3 is 16.6 Å². The number of anilines is 1. The molecule has 5 N–H and O–H groups in total. The summed E-state index contributed by atoms with van der Waals surface area (Å²) in [5.41, 5.74) is 11.8. The standard InChI is InChI=1S/C9H12Cl2N2O/c10-6-3-5(8(14)1-2-12)4-7(11)9(6)13/h3-4,8,14H,1-2,12-13H2. The van der Waals surface area contributed by atoms with Crippen LogP contribution in [0.25, 0.3) is 0 Å². The summed E-state index contributed by atoms with van der Waals surface area (Å²) in [5.74, 6) is 0. The lowest BCUT2D eigenvalue weighted by Gasteiger charge is -2.11. The van der Waals surface area contributed by atoms with Crippen molar-refractivity contribution < 1.29 is 5.11 Å². The average Bonchev–Trinajstić information content (AvgIpc) is 2.13. The fourth-order valence-electron chi connectivity index (χ4n) is 1.12. The Morgan fingerprint density at radius 2 is 1.79 bits per heavy atom. The number of nitrogen functional groups attached to an aromatic ring is 1. The van der Waals surface area contributed by atoms with Crippen molar-refractivity contribution in [3.8, 4) is 0 Å². The Kier molecular flexibility index (Phi) is 4.01. The smallest absolute Gasteiger partial charge is 0.0803 e. The number of nitrogens with two attached hydrogens (primary N) is 2. The lowest BCUT2D eigenvalue weighted by atomic mass is 10.1. The van der Waals surface area contributed by atoms with E-state index < -0.39 is 6.10 Å². The largest absolute Gasteiger partial charge is 0.396 e. The molecule has 0 saturated carbocycles. The average molecular weight is 235 g/mol. The Morgan fingerprint density at radius 3 is 2.21 bits per heavy atom. The van der Waals surface area contributed by atoms with Gasteiger partial charge >= 0.3 is 0 Å². The third-order valence-corrected chi connectivity index (χ3v) is 2.55. The molecule has 0 saturated heterocycles. The second kappa shape index (κ2) is 4.84. The van der Waals surface area contributed by atoms with Gasteiger partial charge in [0.1, 0.15) is 0 Å². The zero-order valence-electron chi connectivity index (χ0n) is 7.50. The van der Waals surface area contributed by atoms with Gasteiger partial charge in [-0.05, 0) is 30.7 Å². The van der Waals surface area contributed by atoms with E-state index in [1.807, 2.05) is 0 Å². The van der Waals surface area contributed by atoms with Gasteiger partial charge in [-0.15, -0.1) is 0 Å². The topological polar surface area (TPSA) is 72.3 Å². The summed E-state index contributed by atoms with van der Waals surface area (Å²) >= 11 is 11.6. The van der Waals surface area contributed by atoms with E-state index in [9.17, 15) is 5.11 Å². The van der Waals surface area contributed by atoms with Crippen LogP contribution in [-0.2, 0) is 0 Å². The predicted octanol–water partition coefficient (Wildman–Crippen LogP) is 1.96. The van der Waals surface area contributed by atoms with Gasteiger partial charge in [-0.2, -0.15) is 0 Å². The maximum atomic E-state index is 9.62. The number of hydrogen-bond acceptors (Lipinski definition) is 3. The first-order chi connectivity index (χ1) is 6.56. The van der Waals surface area contributed by atoms with Crippen molar-refractivity contribution in [3.05, 3.63) is 27.7 Å². The van der Waals surface area contributed by atoms with Crippen LogP contribution in [0.1, 0.15) is 18.1 Å². The molecule has 1 unspecified atom stereocenters. The summed E-state index contributed by atoms with van der Waals surface area (Å²) in [6.45, 7) is 0.404. The Morgan fingerprint density at radius 1 is 1.29 bits per heavy atom. The molecule has 5 heteroatoms. The second-order valence-electron chi connectivity index (χ2n) is 2.99. The maximum absolute atomic E-state index is 9.62. The summed E-state index contributed by atoms with van der Waals surface area (Å²) in [6, 6.07) is 3.20. The zero-order valence-corrected chi connectivity index (χ0v) is 9.02. The van der Waals surface area contributed by atoms with Crippen molar-refractivity contribution in [1.29, 1.82) is 0 Å². The van der Waals surface area contributed by atoms with Gasteiger partial charge in [0, 0.05) is 0 Å². The van der Waals surface area contributed by atoms with E-state index in [0.717, 1.165) is 0 Å². The van der Waals surface area contributed by atoms with Crippen LogP contribution < -0.4 is 11.5 Å². The van der Waals surface area contributed by atoms with Crippen molar-refractivity contribution in [2.75, 3.05) is 12.3 Å². The van der Waals surface area contributed by atoms with E-state index in [2.05, 4.69) is 0 Å². The molecule has 14 heavy (non-hydrogen) atoms. The van der Waals surface area contributed by atoms with Crippen molar-refractivity contribution in [2.45, 2.75) is 12.5 Å². The molecule has 1 aromatic carbocycles. The lowest BCUT2D eigenvalue weighted by molar-refractivity contribution is 0.170. The molecule has 0 aromatic heterocycles. The Bertz CT molecular complexity index is 308. The number of hydrogen-bond donors (Lipinski definition) is 3. The first-order valence-electron chi connectivity index (χ1n) is 4.18. The summed E-state index contributed by atoms with van der Waals surface area (Å²) < 4.78 is 0. The highest BCUT2D eigenvalue weighted by Crippen LogP contribution is 2.31. The Balaban J connectivity index is 3.00. The molecule has 78 valence electrons. The molecule has 1 aromatic rings. The number of aliphatic hydroxyl groups excluding tert-OH is 1. The number of aliphatic hydroxyl groups is 1. The molecular weight excluding hydrogens is 223 g/mol. The normalized spacial score (nSPS) is 12.9. The van der Waals surface area contributed by atoms with Crippen LogP contribution in [0.2, 0.25) is 10.0 Å². The number of halogens is 2. The van der Waals surface area contributed by atoms with Crippen LogP contribution in [0, 0.1) is 0 Å². The van der Waals surface area contributed by atoms with E-state index in [4.69, 9.17) is 34.7 Å². The van der Waals surface area contributed by atoms with E-state index in [1.54, 1.807) is 12.1 Å². The van der Waals surface area contributed by atoms with Crippen LogP contribution in [0.15, 0.2) is 12.1 Å².